The van der Waals surface area contributed by atoms with E-state index >= 15 is 0 Å². The summed E-state index contributed by atoms with van der Waals surface area (Å²) in [6.45, 7) is 5.53. The SMILES string of the molecule is CC(C)(C)OC(=O)NC1CC(Cc2nc3ccc(NS(=O)(=O)c4ccccc4)cc3[nH]2)C1. The highest BCUT2D eigenvalue weighted by molar-refractivity contribution is 7.92. The predicted molar refractivity (Wildman–Crippen MR) is 123 cm³/mol. The molecule has 1 aliphatic carbocycles. The van der Waals surface area contributed by atoms with E-state index in [1.807, 2.05) is 20.8 Å². The number of amides is 1. The van der Waals surface area contributed by atoms with Crippen LogP contribution in [0.15, 0.2) is 53.4 Å². The van der Waals surface area contributed by atoms with E-state index in [0.29, 0.717) is 11.6 Å². The first-order valence-corrected chi connectivity index (χ1v) is 12.1. The second-order valence-corrected chi connectivity index (χ2v) is 10.9. The van der Waals surface area contributed by atoms with E-state index in [1.165, 1.54) is 0 Å². The Hall–Kier alpha value is -3.07. The molecule has 3 N–H and O–H groups in total. The molecule has 0 aliphatic heterocycles. The number of benzene rings is 2. The van der Waals surface area contributed by atoms with Gasteiger partial charge in [0.2, 0.25) is 0 Å². The minimum atomic E-state index is -3.65. The molecule has 1 heterocycles. The Labute approximate surface area is 187 Å². The molecule has 0 spiro atoms. The number of carbonyl (C=O) groups is 1. The maximum atomic E-state index is 12.5. The minimum Gasteiger partial charge on any atom is -0.444 e. The van der Waals surface area contributed by atoms with Crippen LogP contribution in [0.5, 0.6) is 0 Å². The molecular weight excluding hydrogens is 428 g/mol. The Morgan fingerprint density at radius 3 is 2.56 bits per heavy atom. The standard InChI is InChI=1S/C23H28N4O4S/c1-23(2,3)31-22(28)24-17-11-15(12-17)13-21-25-19-10-9-16(14-20(19)26-21)27-32(29,30)18-7-5-4-6-8-18/h4-10,14-15,17,27H,11-13H2,1-3H3,(H,24,28)(H,25,26). The lowest BCUT2D eigenvalue weighted by Crippen LogP contribution is -2.46. The summed E-state index contributed by atoms with van der Waals surface area (Å²) in [5.74, 6) is 1.27. The van der Waals surface area contributed by atoms with Gasteiger partial charge in [0.05, 0.1) is 21.6 Å². The van der Waals surface area contributed by atoms with Crippen molar-refractivity contribution in [2.45, 2.75) is 56.6 Å². The number of fused-ring (bicyclic) bond motifs is 1. The van der Waals surface area contributed by atoms with Crippen LogP contribution in [-0.2, 0) is 21.2 Å². The molecule has 9 heteroatoms. The van der Waals surface area contributed by atoms with Gasteiger partial charge in [0.1, 0.15) is 11.4 Å². The molecule has 0 bridgehead atoms. The molecule has 1 aliphatic rings. The number of anilines is 1. The number of nitrogens with one attached hydrogen (secondary N) is 3. The van der Waals surface area contributed by atoms with E-state index in [0.717, 1.165) is 36.1 Å². The Balaban J connectivity index is 1.35. The van der Waals surface area contributed by atoms with Gasteiger partial charge in [-0.05, 0) is 69.9 Å². The number of carbonyl (C=O) groups excluding carboxylic acids is 1. The monoisotopic (exact) mass is 456 g/mol. The fraction of sp³-hybridized carbons (Fsp3) is 0.391. The number of aromatic nitrogens is 2. The maximum Gasteiger partial charge on any atom is 0.407 e. The summed E-state index contributed by atoms with van der Waals surface area (Å²) in [7, 11) is -3.65. The molecular formula is C23H28N4O4S. The number of nitrogens with zero attached hydrogens (tertiary/aromatic N) is 1. The van der Waals surface area contributed by atoms with Crippen molar-refractivity contribution < 1.29 is 17.9 Å². The third kappa shape index (κ3) is 5.40. The van der Waals surface area contributed by atoms with Gasteiger partial charge in [-0.2, -0.15) is 0 Å². The number of sulfonamides is 1. The van der Waals surface area contributed by atoms with Gasteiger partial charge in [-0.15, -0.1) is 0 Å². The van der Waals surface area contributed by atoms with Crippen molar-refractivity contribution in [3.63, 3.8) is 0 Å². The van der Waals surface area contributed by atoms with Crippen LogP contribution >= 0.6 is 0 Å². The van der Waals surface area contributed by atoms with Gasteiger partial charge in [-0.25, -0.2) is 18.2 Å². The lowest BCUT2D eigenvalue weighted by Gasteiger charge is -2.35. The molecule has 0 atom stereocenters. The first-order chi connectivity index (χ1) is 15.1. The lowest BCUT2D eigenvalue weighted by molar-refractivity contribution is 0.0452. The second-order valence-electron chi connectivity index (χ2n) is 9.22. The molecule has 170 valence electrons. The van der Waals surface area contributed by atoms with Crippen molar-refractivity contribution in [3.05, 3.63) is 54.4 Å². The lowest BCUT2D eigenvalue weighted by atomic mass is 9.78. The highest BCUT2D eigenvalue weighted by atomic mass is 32.2. The van der Waals surface area contributed by atoms with Crippen LogP contribution < -0.4 is 10.0 Å². The summed E-state index contributed by atoms with van der Waals surface area (Å²) in [6.07, 6.45) is 2.14. The van der Waals surface area contributed by atoms with Crippen LogP contribution in [-0.4, -0.2) is 36.1 Å². The van der Waals surface area contributed by atoms with Crippen molar-refractivity contribution in [1.29, 1.82) is 0 Å². The number of imidazole rings is 1. The molecule has 1 aromatic heterocycles. The van der Waals surface area contributed by atoms with Crippen LogP contribution in [0.3, 0.4) is 0 Å². The van der Waals surface area contributed by atoms with E-state index in [4.69, 9.17) is 4.74 Å². The van der Waals surface area contributed by atoms with Gasteiger partial charge in [0.25, 0.3) is 10.0 Å². The summed E-state index contributed by atoms with van der Waals surface area (Å²) >= 11 is 0. The first kappa shape index (κ1) is 22.1. The number of alkyl carbamates (subject to hydrolysis) is 1. The molecule has 1 saturated carbocycles. The Morgan fingerprint density at radius 2 is 1.88 bits per heavy atom. The summed E-state index contributed by atoms with van der Waals surface area (Å²) in [6, 6.07) is 13.6. The van der Waals surface area contributed by atoms with Gasteiger partial charge in [-0.1, -0.05) is 18.2 Å². The van der Waals surface area contributed by atoms with Crippen molar-refractivity contribution >= 4 is 32.8 Å². The molecule has 4 rings (SSSR count). The van der Waals surface area contributed by atoms with Gasteiger partial charge < -0.3 is 15.0 Å². The quantitative estimate of drug-likeness (QED) is 0.514. The van der Waals surface area contributed by atoms with E-state index in [9.17, 15) is 13.2 Å². The Bertz CT molecular complexity index is 1210. The zero-order valence-corrected chi connectivity index (χ0v) is 19.2. The number of rotatable bonds is 6. The summed E-state index contributed by atoms with van der Waals surface area (Å²) in [4.78, 5) is 20.0. The molecule has 32 heavy (non-hydrogen) atoms. The van der Waals surface area contributed by atoms with Crippen molar-refractivity contribution in [1.82, 2.24) is 15.3 Å². The maximum absolute atomic E-state index is 12.5. The summed E-state index contributed by atoms with van der Waals surface area (Å²) in [5.41, 5.74) is 1.53. The van der Waals surface area contributed by atoms with E-state index in [-0.39, 0.29) is 17.0 Å². The average molecular weight is 457 g/mol. The average Bonchev–Trinajstić information content (AvgIpc) is 3.07. The van der Waals surface area contributed by atoms with E-state index < -0.39 is 15.6 Å². The second kappa shape index (κ2) is 8.46. The van der Waals surface area contributed by atoms with Crippen LogP contribution in [0.4, 0.5) is 10.5 Å². The van der Waals surface area contributed by atoms with Crippen LogP contribution in [0, 0.1) is 5.92 Å². The Kier molecular flexibility index (Phi) is 5.85. The number of H-pyrrole nitrogens is 1. The molecule has 8 nitrogen and oxygen atoms in total. The molecule has 1 amide bonds. The predicted octanol–water partition coefficient (Wildman–Crippen LogP) is 4.21. The first-order valence-electron chi connectivity index (χ1n) is 10.6. The van der Waals surface area contributed by atoms with Crippen molar-refractivity contribution in [2.75, 3.05) is 4.72 Å². The van der Waals surface area contributed by atoms with E-state index in [2.05, 4.69) is 20.0 Å². The number of hydrogen-bond donors (Lipinski definition) is 3. The zero-order valence-electron chi connectivity index (χ0n) is 18.4. The number of ether oxygens (including phenoxy) is 1. The highest BCUT2D eigenvalue weighted by Gasteiger charge is 2.32. The van der Waals surface area contributed by atoms with Crippen molar-refractivity contribution in [3.8, 4) is 0 Å². The zero-order chi connectivity index (χ0) is 22.9. The van der Waals surface area contributed by atoms with Crippen LogP contribution in [0.2, 0.25) is 0 Å². The largest absolute Gasteiger partial charge is 0.444 e. The third-order valence-electron chi connectivity index (χ3n) is 5.28. The fourth-order valence-electron chi connectivity index (χ4n) is 3.80. The molecule has 0 unspecified atom stereocenters. The molecule has 0 saturated heterocycles. The molecule has 2 aromatic carbocycles. The van der Waals surface area contributed by atoms with Crippen LogP contribution in [0.25, 0.3) is 11.0 Å². The smallest absolute Gasteiger partial charge is 0.407 e. The highest BCUT2D eigenvalue weighted by Crippen LogP contribution is 2.31. The van der Waals surface area contributed by atoms with Crippen molar-refractivity contribution in [2.24, 2.45) is 5.92 Å². The molecule has 1 fully saturated rings. The number of aromatic amines is 1. The number of hydrogen-bond acceptors (Lipinski definition) is 5. The molecule has 3 aromatic rings. The summed E-state index contributed by atoms with van der Waals surface area (Å²) < 4.78 is 33.0. The summed E-state index contributed by atoms with van der Waals surface area (Å²) in [5, 5.41) is 2.90. The van der Waals surface area contributed by atoms with E-state index in [1.54, 1.807) is 48.5 Å². The minimum absolute atomic E-state index is 0.123. The van der Waals surface area contributed by atoms with Gasteiger partial charge in [0.15, 0.2) is 0 Å². The fourth-order valence-corrected chi connectivity index (χ4v) is 4.87. The van der Waals surface area contributed by atoms with Gasteiger partial charge >= 0.3 is 6.09 Å². The topological polar surface area (TPSA) is 113 Å². The third-order valence-corrected chi connectivity index (χ3v) is 6.67. The molecule has 0 radical (unpaired) electrons. The Morgan fingerprint density at radius 1 is 1.16 bits per heavy atom. The normalized spacial score (nSPS) is 18.7. The van der Waals surface area contributed by atoms with Crippen LogP contribution in [0.1, 0.15) is 39.4 Å². The van der Waals surface area contributed by atoms with Gasteiger partial charge in [0, 0.05) is 12.5 Å². The van der Waals surface area contributed by atoms with Gasteiger partial charge in [-0.3, -0.25) is 4.72 Å².